The number of nitrogens with one attached hydrogen (secondary N) is 1. The van der Waals surface area contributed by atoms with Crippen molar-refractivity contribution in [1.82, 2.24) is 15.3 Å². The molecule has 1 unspecified atom stereocenters. The lowest BCUT2D eigenvalue weighted by molar-refractivity contribution is -0.124. The molecule has 2 rings (SSSR count). The quantitative estimate of drug-likeness (QED) is 0.810. The molecule has 0 radical (unpaired) electrons. The highest BCUT2D eigenvalue weighted by Gasteiger charge is 2.30. The van der Waals surface area contributed by atoms with Crippen molar-refractivity contribution in [3.63, 3.8) is 0 Å². The first-order valence-corrected chi connectivity index (χ1v) is 8.10. The summed E-state index contributed by atoms with van der Waals surface area (Å²) in [6.45, 7) is 6.24. The Morgan fingerprint density at radius 3 is 3.05 bits per heavy atom. The highest BCUT2D eigenvalue weighted by Crippen LogP contribution is 2.21. The summed E-state index contributed by atoms with van der Waals surface area (Å²) in [5.41, 5.74) is 0. The molecule has 0 aromatic carbocycles. The second kappa shape index (κ2) is 7.70. The highest BCUT2D eigenvalue weighted by atomic mass is 79.9. The van der Waals surface area contributed by atoms with Gasteiger partial charge in [0.05, 0.1) is 13.2 Å². The van der Waals surface area contributed by atoms with Crippen molar-refractivity contribution in [3.05, 3.63) is 16.5 Å². The molecule has 0 bridgehead atoms. The molecule has 0 spiro atoms. The molecule has 1 aromatic rings. The van der Waals surface area contributed by atoms with Crippen LogP contribution in [0.1, 0.15) is 26.1 Å². The third-order valence-electron chi connectivity index (χ3n) is 3.28. The standard InChI is InChI=1S/C14H21BrN4O2/c1-3-5-12-17-11(15)8-13(18-12)19-6-7-21-9-10(19)14(20)16-4-2/h8,10H,3-7,9H2,1-2H3,(H,16,20). The number of carbonyl (C=O) groups excluding carboxylic acids is 1. The summed E-state index contributed by atoms with van der Waals surface area (Å²) in [5, 5.41) is 2.85. The van der Waals surface area contributed by atoms with E-state index in [2.05, 4.69) is 38.1 Å². The van der Waals surface area contributed by atoms with Crippen LogP contribution in [-0.4, -0.2) is 48.2 Å². The number of aryl methyl sites for hydroxylation is 1. The lowest BCUT2D eigenvalue weighted by Gasteiger charge is -2.35. The second-order valence-corrected chi connectivity index (χ2v) is 5.71. The van der Waals surface area contributed by atoms with Gasteiger partial charge in [0.2, 0.25) is 5.91 Å². The van der Waals surface area contributed by atoms with E-state index in [0.29, 0.717) is 26.3 Å². The Balaban J connectivity index is 2.26. The van der Waals surface area contributed by atoms with Crippen LogP contribution >= 0.6 is 15.9 Å². The van der Waals surface area contributed by atoms with Crippen molar-refractivity contribution in [1.29, 1.82) is 0 Å². The van der Waals surface area contributed by atoms with Crippen LogP contribution < -0.4 is 10.2 Å². The summed E-state index contributed by atoms with van der Waals surface area (Å²) in [5.74, 6) is 1.55. The van der Waals surface area contributed by atoms with Gasteiger partial charge in [0.1, 0.15) is 22.3 Å². The molecule has 1 atom stereocenters. The van der Waals surface area contributed by atoms with E-state index in [-0.39, 0.29) is 11.9 Å². The summed E-state index contributed by atoms with van der Waals surface area (Å²) in [6, 6.07) is 1.52. The van der Waals surface area contributed by atoms with Gasteiger partial charge in [-0.25, -0.2) is 9.97 Å². The van der Waals surface area contributed by atoms with Crippen LogP contribution in [0.4, 0.5) is 5.82 Å². The van der Waals surface area contributed by atoms with Gasteiger partial charge in [0.25, 0.3) is 0 Å². The van der Waals surface area contributed by atoms with Gasteiger partial charge >= 0.3 is 0 Å². The molecule has 2 heterocycles. The molecule has 6 nitrogen and oxygen atoms in total. The fraction of sp³-hybridized carbons (Fsp3) is 0.643. The normalized spacial score (nSPS) is 18.6. The van der Waals surface area contributed by atoms with E-state index in [0.717, 1.165) is 29.1 Å². The monoisotopic (exact) mass is 356 g/mol. The van der Waals surface area contributed by atoms with Crippen molar-refractivity contribution in [2.75, 3.05) is 31.2 Å². The minimum absolute atomic E-state index is 0.0241. The lowest BCUT2D eigenvalue weighted by atomic mass is 10.2. The van der Waals surface area contributed by atoms with Crippen LogP contribution in [0.2, 0.25) is 0 Å². The van der Waals surface area contributed by atoms with E-state index in [4.69, 9.17) is 4.74 Å². The van der Waals surface area contributed by atoms with Crippen LogP contribution in [0.3, 0.4) is 0 Å². The molecule has 1 amide bonds. The molecule has 21 heavy (non-hydrogen) atoms. The molecule has 116 valence electrons. The number of aromatic nitrogens is 2. The third-order valence-corrected chi connectivity index (χ3v) is 3.68. The summed E-state index contributed by atoms with van der Waals surface area (Å²) in [7, 11) is 0. The number of nitrogens with zero attached hydrogens (tertiary/aromatic N) is 3. The largest absolute Gasteiger partial charge is 0.377 e. The fourth-order valence-corrected chi connectivity index (χ4v) is 2.73. The highest BCUT2D eigenvalue weighted by molar-refractivity contribution is 9.10. The zero-order valence-corrected chi connectivity index (χ0v) is 14.0. The number of morpholine rings is 1. The summed E-state index contributed by atoms with van der Waals surface area (Å²) < 4.78 is 6.20. The molecule has 1 aliphatic heterocycles. The van der Waals surface area contributed by atoms with Gasteiger partial charge in [-0.15, -0.1) is 0 Å². The van der Waals surface area contributed by atoms with E-state index in [1.54, 1.807) is 0 Å². The first-order valence-electron chi connectivity index (χ1n) is 7.31. The average molecular weight is 357 g/mol. The predicted molar refractivity (Wildman–Crippen MR) is 84.4 cm³/mol. The SMILES string of the molecule is CCCc1nc(Br)cc(N2CCOCC2C(=O)NCC)n1. The zero-order valence-electron chi connectivity index (χ0n) is 12.4. The van der Waals surface area contributed by atoms with E-state index in [1.807, 2.05) is 17.9 Å². The number of ether oxygens (including phenoxy) is 1. The number of amides is 1. The molecule has 1 aromatic heterocycles. The van der Waals surface area contributed by atoms with Crippen molar-refractivity contribution in [2.24, 2.45) is 0 Å². The summed E-state index contributed by atoms with van der Waals surface area (Å²) in [4.78, 5) is 23.2. The Kier molecular flexibility index (Phi) is 5.93. The van der Waals surface area contributed by atoms with Gasteiger partial charge in [0.15, 0.2) is 0 Å². The Morgan fingerprint density at radius 1 is 1.52 bits per heavy atom. The van der Waals surface area contributed by atoms with Gasteiger partial charge in [-0.2, -0.15) is 0 Å². The van der Waals surface area contributed by atoms with Crippen molar-refractivity contribution < 1.29 is 9.53 Å². The topological polar surface area (TPSA) is 67.4 Å². The number of halogens is 1. The molecule has 1 aliphatic rings. The predicted octanol–water partition coefficient (Wildman–Crippen LogP) is 1.53. The Hall–Kier alpha value is -1.21. The molecule has 1 fully saturated rings. The van der Waals surface area contributed by atoms with Crippen LogP contribution in [0.25, 0.3) is 0 Å². The molecule has 7 heteroatoms. The van der Waals surface area contributed by atoms with Crippen molar-refractivity contribution >= 4 is 27.7 Å². The van der Waals surface area contributed by atoms with Gasteiger partial charge in [0, 0.05) is 25.6 Å². The molecule has 0 aliphatic carbocycles. The maximum atomic E-state index is 12.2. The molecule has 1 N–H and O–H groups in total. The van der Waals surface area contributed by atoms with E-state index in [9.17, 15) is 4.79 Å². The van der Waals surface area contributed by atoms with Crippen LogP contribution in [0, 0.1) is 0 Å². The maximum absolute atomic E-state index is 12.2. The van der Waals surface area contributed by atoms with Gasteiger partial charge in [-0.1, -0.05) is 6.92 Å². The first kappa shape index (κ1) is 16.2. The number of likely N-dealkylation sites (N-methyl/N-ethyl adjacent to an activating group) is 1. The minimum Gasteiger partial charge on any atom is -0.377 e. The number of hydrogen-bond acceptors (Lipinski definition) is 5. The Morgan fingerprint density at radius 2 is 2.33 bits per heavy atom. The summed E-state index contributed by atoms with van der Waals surface area (Å²) >= 11 is 3.43. The van der Waals surface area contributed by atoms with E-state index < -0.39 is 0 Å². The Bertz CT molecular complexity index is 498. The van der Waals surface area contributed by atoms with Gasteiger partial charge < -0.3 is 15.0 Å². The van der Waals surface area contributed by atoms with E-state index in [1.165, 1.54) is 0 Å². The fourth-order valence-electron chi connectivity index (χ4n) is 2.32. The van der Waals surface area contributed by atoms with Crippen LogP contribution in [-0.2, 0) is 16.0 Å². The molecule has 1 saturated heterocycles. The van der Waals surface area contributed by atoms with Crippen molar-refractivity contribution in [3.8, 4) is 0 Å². The average Bonchev–Trinajstić information content (AvgIpc) is 2.47. The maximum Gasteiger partial charge on any atom is 0.245 e. The number of carbonyl (C=O) groups is 1. The third kappa shape index (κ3) is 4.14. The van der Waals surface area contributed by atoms with Crippen LogP contribution in [0.15, 0.2) is 10.7 Å². The number of anilines is 1. The Labute approximate surface area is 133 Å². The van der Waals surface area contributed by atoms with Gasteiger partial charge in [-0.05, 0) is 29.3 Å². The van der Waals surface area contributed by atoms with Gasteiger partial charge in [-0.3, -0.25) is 4.79 Å². The van der Waals surface area contributed by atoms with Crippen molar-refractivity contribution in [2.45, 2.75) is 32.7 Å². The smallest absolute Gasteiger partial charge is 0.245 e. The lowest BCUT2D eigenvalue weighted by Crippen LogP contribution is -2.54. The first-order chi connectivity index (χ1) is 10.2. The van der Waals surface area contributed by atoms with E-state index >= 15 is 0 Å². The molecular formula is C14H21BrN4O2. The summed E-state index contributed by atoms with van der Waals surface area (Å²) in [6.07, 6.45) is 1.81. The second-order valence-electron chi connectivity index (χ2n) is 4.89. The number of hydrogen-bond donors (Lipinski definition) is 1. The molecular weight excluding hydrogens is 336 g/mol. The molecule has 0 saturated carbocycles. The zero-order chi connectivity index (χ0) is 15.2. The minimum atomic E-state index is -0.338. The van der Waals surface area contributed by atoms with Crippen LogP contribution in [0.5, 0.6) is 0 Å². The number of rotatable bonds is 5.